The Morgan fingerprint density at radius 3 is 2.47 bits per heavy atom. The monoisotopic (exact) mass is 474 g/mol. The number of fused-ring (bicyclic) bond motifs is 1. The zero-order valence-corrected chi connectivity index (χ0v) is 20.2. The van der Waals surface area contributed by atoms with Gasteiger partial charge in [0.1, 0.15) is 5.58 Å². The maximum absolute atomic E-state index is 13.3. The first kappa shape index (κ1) is 22.8. The van der Waals surface area contributed by atoms with E-state index in [0.717, 1.165) is 12.0 Å². The Balaban J connectivity index is 1.66. The van der Waals surface area contributed by atoms with Crippen molar-refractivity contribution in [1.29, 1.82) is 0 Å². The molecule has 1 N–H and O–H groups in total. The number of halogens is 1. The predicted octanol–water partition coefficient (Wildman–Crippen LogP) is 5.62. The molecule has 3 aromatic rings. The summed E-state index contributed by atoms with van der Waals surface area (Å²) in [5, 5.41) is 3.96. The molecule has 32 heavy (non-hydrogen) atoms. The van der Waals surface area contributed by atoms with E-state index in [1.807, 2.05) is 13.0 Å². The summed E-state index contributed by atoms with van der Waals surface area (Å²) in [5.74, 6) is 0.373. The van der Waals surface area contributed by atoms with Crippen LogP contribution in [0.3, 0.4) is 0 Å². The number of furan rings is 1. The first-order valence-corrected chi connectivity index (χ1v) is 12.5. The van der Waals surface area contributed by atoms with E-state index >= 15 is 0 Å². The lowest BCUT2D eigenvalue weighted by molar-refractivity contribution is 0.0998. The average molecular weight is 475 g/mol. The zero-order valence-electron chi connectivity index (χ0n) is 18.6. The molecule has 1 saturated heterocycles. The third-order valence-corrected chi connectivity index (χ3v) is 8.10. The number of anilines is 1. The molecule has 1 aromatic heterocycles. The predicted molar refractivity (Wildman–Crippen MR) is 127 cm³/mol. The number of nitrogens with zero attached hydrogens (tertiary/aromatic N) is 1. The number of rotatable bonds is 4. The third-order valence-electron chi connectivity index (χ3n) is 6.03. The van der Waals surface area contributed by atoms with Crippen LogP contribution in [0, 0.1) is 25.7 Å². The minimum atomic E-state index is -3.63. The number of amides is 1. The minimum absolute atomic E-state index is 0.147. The Kier molecular flexibility index (Phi) is 6.09. The molecular formula is C24H27ClN2O4S. The topological polar surface area (TPSA) is 79.6 Å². The molecule has 0 unspecified atom stereocenters. The number of hydrogen-bond donors (Lipinski definition) is 1. The zero-order chi connectivity index (χ0) is 23.2. The largest absolute Gasteiger partial charge is 0.451 e. The van der Waals surface area contributed by atoms with Gasteiger partial charge in [-0.1, -0.05) is 31.5 Å². The van der Waals surface area contributed by atoms with Gasteiger partial charge in [0.2, 0.25) is 10.0 Å². The van der Waals surface area contributed by atoms with Crippen molar-refractivity contribution in [3.63, 3.8) is 0 Å². The molecule has 0 radical (unpaired) electrons. The van der Waals surface area contributed by atoms with E-state index in [4.69, 9.17) is 16.0 Å². The van der Waals surface area contributed by atoms with Crippen molar-refractivity contribution < 1.29 is 17.6 Å². The molecular weight excluding hydrogens is 448 g/mol. The van der Waals surface area contributed by atoms with Crippen LogP contribution in [0.4, 0.5) is 5.69 Å². The molecule has 0 bridgehead atoms. The number of carbonyl (C=O) groups is 1. The lowest BCUT2D eigenvalue weighted by Crippen LogP contribution is -2.42. The number of sulfonamides is 1. The van der Waals surface area contributed by atoms with Crippen molar-refractivity contribution in [2.75, 3.05) is 18.4 Å². The molecule has 1 fully saturated rings. The number of aryl methyl sites for hydroxylation is 2. The van der Waals surface area contributed by atoms with Gasteiger partial charge in [0.15, 0.2) is 5.76 Å². The van der Waals surface area contributed by atoms with Gasteiger partial charge in [-0.25, -0.2) is 8.42 Å². The first-order chi connectivity index (χ1) is 15.1. The first-order valence-electron chi connectivity index (χ1n) is 10.7. The molecule has 1 aliphatic rings. The fourth-order valence-corrected chi connectivity index (χ4v) is 6.31. The number of carbonyl (C=O) groups excluding carboxylic acids is 1. The van der Waals surface area contributed by atoms with E-state index in [-0.39, 0.29) is 10.7 Å². The van der Waals surface area contributed by atoms with Crippen molar-refractivity contribution in [3.8, 4) is 0 Å². The summed E-state index contributed by atoms with van der Waals surface area (Å²) in [7, 11) is -3.63. The van der Waals surface area contributed by atoms with Crippen LogP contribution in [0.15, 0.2) is 45.7 Å². The number of hydrogen-bond acceptors (Lipinski definition) is 4. The van der Waals surface area contributed by atoms with Crippen LogP contribution in [-0.4, -0.2) is 31.7 Å². The van der Waals surface area contributed by atoms with Gasteiger partial charge in [-0.05, 0) is 68.0 Å². The summed E-state index contributed by atoms with van der Waals surface area (Å²) in [6.45, 7) is 8.82. The van der Waals surface area contributed by atoms with Gasteiger partial charge in [-0.15, -0.1) is 0 Å². The highest BCUT2D eigenvalue weighted by Gasteiger charge is 2.32. The molecule has 2 heterocycles. The van der Waals surface area contributed by atoms with E-state index in [0.29, 0.717) is 52.2 Å². The second-order valence-electron chi connectivity index (χ2n) is 8.90. The highest BCUT2D eigenvalue weighted by molar-refractivity contribution is 7.89. The number of benzene rings is 2. The highest BCUT2D eigenvalue weighted by Crippen LogP contribution is 2.32. The summed E-state index contributed by atoms with van der Waals surface area (Å²) in [6, 6.07) is 10.0. The highest BCUT2D eigenvalue weighted by atomic mass is 35.5. The van der Waals surface area contributed by atoms with Gasteiger partial charge in [-0.3, -0.25) is 4.79 Å². The summed E-state index contributed by atoms with van der Waals surface area (Å²) >= 11 is 6.05. The maximum atomic E-state index is 13.3. The van der Waals surface area contributed by atoms with Crippen LogP contribution in [0.25, 0.3) is 11.0 Å². The van der Waals surface area contributed by atoms with Crippen molar-refractivity contribution >= 4 is 44.2 Å². The summed E-state index contributed by atoms with van der Waals surface area (Å²) in [6.07, 6.45) is 1.02. The lowest BCUT2D eigenvalue weighted by Gasteiger charge is -2.34. The summed E-state index contributed by atoms with van der Waals surface area (Å²) < 4.78 is 33.9. The van der Waals surface area contributed by atoms with Crippen LogP contribution in [-0.2, 0) is 10.0 Å². The second kappa shape index (κ2) is 8.54. The SMILES string of the molecule is Cc1ccc(Cl)cc1NC(=O)c1oc2ccc(S(=O)(=O)N3C[C@H](C)C[C@H](C)C3)cc2c1C. The van der Waals surface area contributed by atoms with Gasteiger partial charge in [-0.2, -0.15) is 4.31 Å². The quantitative estimate of drug-likeness (QED) is 0.532. The van der Waals surface area contributed by atoms with E-state index in [1.165, 1.54) is 0 Å². The molecule has 2 aromatic carbocycles. The molecule has 0 spiro atoms. The van der Waals surface area contributed by atoms with Crippen LogP contribution in [0.5, 0.6) is 0 Å². The fraction of sp³-hybridized carbons (Fsp3) is 0.375. The average Bonchev–Trinajstić information content (AvgIpc) is 3.06. The normalized spacial score (nSPS) is 19.9. The molecule has 170 valence electrons. The maximum Gasteiger partial charge on any atom is 0.291 e. The van der Waals surface area contributed by atoms with Gasteiger partial charge in [0, 0.05) is 34.7 Å². The Hall–Kier alpha value is -2.35. The number of piperidine rings is 1. The molecule has 1 aliphatic heterocycles. The minimum Gasteiger partial charge on any atom is -0.451 e. The third kappa shape index (κ3) is 4.29. The second-order valence-corrected chi connectivity index (χ2v) is 11.3. The summed E-state index contributed by atoms with van der Waals surface area (Å²) in [5.41, 5.74) is 2.53. The molecule has 0 saturated carbocycles. The van der Waals surface area contributed by atoms with Crippen molar-refractivity contribution in [2.45, 2.75) is 39.0 Å². The Morgan fingerprint density at radius 2 is 1.78 bits per heavy atom. The van der Waals surface area contributed by atoms with Crippen LogP contribution >= 0.6 is 11.6 Å². The van der Waals surface area contributed by atoms with E-state index in [1.54, 1.807) is 41.6 Å². The smallest absolute Gasteiger partial charge is 0.291 e. The molecule has 0 aliphatic carbocycles. The molecule has 8 heteroatoms. The van der Waals surface area contributed by atoms with Gasteiger partial charge in [0.25, 0.3) is 5.91 Å². The van der Waals surface area contributed by atoms with Gasteiger partial charge in [0.05, 0.1) is 4.90 Å². The van der Waals surface area contributed by atoms with Crippen LogP contribution in [0.2, 0.25) is 5.02 Å². The molecule has 6 nitrogen and oxygen atoms in total. The lowest BCUT2D eigenvalue weighted by atomic mass is 9.94. The fourth-order valence-electron chi connectivity index (χ4n) is 4.44. The van der Waals surface area contributed by atoms with Crippen LogP contribution in [0.1, 0.15) is 41.9 Å². The van der Waals surface area contributed by atoms with Crippen LogP contribution < -0.4 is 5.32 Å². The van der Waals surface area contributed by atoms with E-state index in [9.17, 15) is 13.2 Å². The Labute approximate surface area is 193 Å². The van der Waals surface area contributed by atoms with Crippen molar-refractivity contribution in [1.82, 2.24) is 4.31 Å². The van der Waals surface area contributed by atoms with Gasteiger partial charge >= 0.3 is 0 Å². The molecule has 2 atom stereocenters. The van der Waals surface area contributed by atoms with Crippen molar-refractivity contribution in [2.24, 2.45) is 11.8 Å². The molecule has 1 amide bonds. The molecule has 4 rings (SSSR count). The number of nitrogens with one attached hydrogen (secondary N) is 1. The van der Waals surface area contributed by atoms with Crippen molar-refractivity contribution in [3.05, 3.63) is 58.3 Å². The standard InChI is InChI=1S/C24H27ClN2O4S/c1-14-9-15(2)13-27(12-14)32(29,30)19-7-8-22-20(11-19)17(4)23(31-22)24(28)26-21-10-18(25)6-5-16(21)3/h5-8,10-11,14-15H,9,12-13H2,1-4H3,(H,26,28)/t14-,15+. The summed E-state index contributed by atoms with van der Waals surface area (Å²) in [4.78, 5) is 13.1. The Bertz CT molecular complexity index is 1290. The van der Waals surface area contributed by atoms with E-state index < -0.39 is 15.9 Å². The van der Waals surface area contributed by atoms with Gasteiger partial charge < -0.3 is 9.73 Å². The van der Waals surface area contributed by atoms with E-state index in [2.05, 4.69) is 19.2 Å². The Morgan fingerprint density at radius 1 is 1.09 bits per heavy atom.